The number of nitrogens with zero attached hydrogens (tertiary/aromatic N) is 2. The Morgan fingerprint density at radius 2 is 2.23 bits per heavy atom. The van der Waals surface area contributed by atoms with Gasteiger partial charge < -0.3 is 10.0 Å². The summed E-state index contributed by atoms with van der Waals surface area (Å²) >= 11 is 1.21. The molecule has 1 aromatic rings. The summed E-state index contributed by atoms with van der Waals surface area (Å²) in [6.07, 6.45) is 1.12. The van der Waals surface area contributed by atoms with E-state index in [2.05, 4.69) is 0 Å². The summed E-state index contributed by atoms with van der Waals surface area (Å²) in [6.45, 7) is 1.81. The Kier molecular flexibility index (Phi) is 4.05. The number of hydrogen-bond donors (Lipinski definition) is 1. The van der Waals surface area contributed by atoms with Crippen molar-refractivity contribution in [1.82, 2.24) is 9.21 Å². The summed E-state index contributed by atoms with van der Waals surface area (Å²) in [7, 11) is -1.61. The van der Waals surface area contributed by atoms with Crippen LogP contribution < -0.4 is 0 Å². The van der Waals surface area contributed by atoms with Crippen molar-refractivity contribution in [2.75, 3.05) is 33.2 Å². The third kappa shape index (κ3) is 2.47. The molecular weight excluding hydrogens is 324 g/mol. The van der Waals surface area contributed by atoms with Crippen LogP contribution in [0, 0.1) is 11.3 Å². The zero-order chi connectivity index (χ0) is 16.0. The van der Waals surface area contributed by atoms with Gasteiger partial charge in [0.15, 0.2) is 0 Å². The van der Waals surface area contributed by atoms with E-state index in [1.807, 2.05) is 11.9 Å². The largest absolute Gasteiger partial charge is 0.481 e. The number of hydrogen-bond acceptors (Lipinski definition) is 5. The van der Waals surface area contributed by atoms with Crippen LogP contribution in [0.15, 0.2) is 21.7 Å². The minimum absolute atomic E-state index is 0.160. The molecule has 1 aromatic heterocycles. The van der Waals surface area contributed by atoms with Crippen LogP contribution in [0.2, 0.25) is 0 Å². The maximum Gasteiger partial charge on any atom is 0.311 e. The van der Waals surface area contributed by atoms with Gasteiger partial charge in [-0.15, -0.1) is 11.3 Å². The van der Waals surface area contributed by atoms with Gasteiger partial charge in [0.1, 0.15) is 4.21 Å². The lowest BCUT2D eigenvalue weighted by atomic mass is 9.75. The Morgan fingerprint density at radius 3 is 2.86 bits per heavy atom. The van der Waals surface area contributed by atoms with E-state index >= 15 is 0 Å². The third-order valence-corrected chi connectivity index (χ3v) is 8.07. The lowest BCUT2D eigenvalue weighted by molar-refractivity contribution is -0.150. The van der Waals surface area contributed by atoms with Crippen molar-refractivity contribution in [2.45, 2.75) is 17.1 Å². The highest BCUT2D eigenvalue weighted by Crippen LogP contribution is 2.43. The third-order valence-electron chi connectivity index (χ3n) is 4.84. The van der Waals surface area contributed by atoms with E-state index in [1.54, 1.807) is 17.5 Å². The molecule has 0 amide bonds. The van der Waals surface area contributed by atoms with Crippen LogP contribution in [0.4, 0.5) is 0 Å². The summed E-state index contributed by atoms with van der Waals surface area (Å²) in [5.41, 5.74) is -0.811. The Morgan fingerprint density at radius 1 is 1.45 bits per heavy atom. The second kappa shape index (κ2) is 5.59. The second-order valence-corrected chi connectivity index (χ2v) is 9.37. The van der Waals surface area contributed by atoms with Gasteiger partial charge in [-0.25, -0.2) is 8.42 Å². The SMILES string of the molecule is CN1C[C@H]2CN(S(=O)(=O)c3cccs3)CCC[C@@]2(C(=O)O)C1. The van der Waals surface area contributed by atoms with Gasteiger partial charge in [-0.2, -0.15) is 4.31 Å². The summed E-state index contributed by atoms with van der Waals surface area (Å²) in [5.74, 6) is -0.954. The minimum atomic E-state index is -3.51. The number of likely N-dealkylation sites (tertiary alicyclic amines) is 1. The number of fused-ring (bicyclic) bond motifs is 1. The monoisotopic (exact) mass is 344 g/mol. The van der Waals surface area contributed by atoms with E-state index in [9.17, 15) is 18.3 Å². The molecule has 8 heteroatoms. The Bertz CT molecular complexity index is 658. The predicted octanol–water partition coefficient (Wildman–Crippen LogP) is 1.17. The lowest BCUT2D eigenvalue weighted by Gasteiger charge is -2.29. The number of carboxylic acid groups (broad SMARTS) is 1. The fourth-order valence-corrected chi connectivity index (χ4v) is 6.42. The molecule has 0 spiro atoms. The predicted molar refractivity (Wildman–Crippen MR) is 83.4 cm³/mol. The van der Waals surface area contributed by atoms with Gasteiger partial charge in [0.25, 0.3) is 10.0 Å². The number of sulfonamides is 1. The molecule has 22 heavy (non-hydrogen) atoms. The number of thiophene rings is 1. The summed E-state index contributed by atoms with van der Waals surface area (Å²) in [5, 5.41) is 11.5. The van der Waals surface area contributed by atoms with Crippen molar-refractivity contribution >= 4 is 27.3 Å². The van der Waals surface area contributed by atoms with Crippen molar-refractivity contribution in [3.63, 3.8) is 0 Å². The molecule has 0 unspecified atom stereocenters. The van der Waals surface area contributed by atoms with Gasteiger partial charge in [0, 0.05) is 32.1 Å². The minimum Gasteiger partial charge on any atom is -0.481 e. The van der Waals surface area contributed by atoms with Crippen LogP contribution in [-0.2, 0) is 14.8 Å². The van der Waals surface area contributed by atoms with Crippen LogP contribution in [0.3, 0.4) is 0 Å². The highest BCUT2D eigenvalue weighted by Gasteiger charge is 2.53. The maximum absolute atomic E-state index is 12.7. The second-order valence-electron chi connectivity index (χ2n) is 6.25. The molecule has 122 valence electrons. The zero-order valence-corrected chi connectivity index (χ0v) is 14.1. The van der Waals surface area contributed by atoms with Crippen LogP contribution in [0.1, 0.15) is 12.8 Å². The fraction of sp³-hybridized carbons (Fsp3) is 0.643. The van der Waals surface area contributed by atoms with Gasteiger partial charge in [0.05, 0.1) is 5.41 Å². The van der Waals surface area contributed by atoms with Crippen LogP contribution in [0.5, 0.6) is 0 Å². The summed E-state index contributed by atoms with van der Waals surface area (Å²) < 4.78 is 27.3. The molecular formula is C14H20N2O4S2. The highest BCUT2D eigenvalue weighted by atomic mass is 32.2. The van der Waals surface area contributed by atoms with Crippen molar-refractivity contribution in [1.29, 1.82) is 0 Å². The first-order chi connectivity index (χ1) is 10.4. The van der Waals surface area contributed by atoms with Gasteiger partial charge in [0.2, 0.25) is 0 Å². The molecule has 6 nitrogen and oxygen atoms in total. The Hall–Kier alpha value is -0.960. The maximum atomic E-state index is 12.7. The zero-order valence-electron chi connectivity index (χ0n) is 12.4. The molecule has 3 rings (SSSR count). The van der Waals surface area contributed by atoms with E-state index < -0.39 is 21.4 Å². The van der Waals surface area contributed by atoms with Crippen LogP contribution >= 0.6 is 11.3 Å². The molecule has 0 aromatic carbocycles. The smallest absolute Gasteiger partial charge is 0.311 e. The van der Waals surface area contributed by atoms with E-state index in [0.29, 0.717) is 36.7 Å². The standard InChI is InChI=1S/C14H20N2O4S2/c1-15-8-11-9-16(22(19,20)12-4-2-7-21-12)6-3-5-14(11,10-15)13(17)18/h2,4,7,11H,3,5-6,8-10H2,1H3,(H,17,18)/t11-,14+/m0/s1. The van der Waals surface area contributed by atoms with Crippen LogP contribution in [0.25, 0.3) is 0 Å². The first kappa shape index (κ1) is 15.9. The number of carbonyl (C=O) groups is 1. The highest BCUT2D eigenvalue weighted by molar-refractivity contribution is 7.91. The van der Waals surface area contributed by atoms with Gasteiger partial charge in [-0.05, 0) is 31.3 Å². The van der Waals surface area contributed by atoms with Gasteiger partial charge >= 0.3 is 5.97 Å². The van der Waals surface area contributed by atoms with E-state index in [-0.39, 0.29) is 12.5 Å². The molecule has 0 saturated carbocycles. The Balaban J connectivity index is 1.91. The summed E-state index contributed by atoms with van der Waals surface area (Å²) in [6, 6.07) is 3.33. The summed E-state index contributed by atoms with van der Waals surface area (Å²) in [4.78, 5) is 13.8. The molecule has 0 aliphatic carbocycles. The van der Waals surface area contributed by atoms with E-state index in [1.165, 1.54) is 15.6 Å². The van der Waals surface area contributed by atoms with Crippen LogP contribution in [-0.4, -0.2) is 61.9 Å². The van der Waals surface area contributed by atoms with Gasteiger partial charge in [-0.1, -0.05) is 6.07 Å². The first-order valence-electron chi connectivity index (χ1n) is 7.32. The number of carboxylic acids is 1. The fourth-order valence-electron chi connectivity index (χ4n) is 3.75. The van der Waals surface area contributed by atoms with E-state index in [4.69, 9.17) is 0 Å². The van der Waals surface area contributed by atoms with Crippen molar-refractivity contribution in [3.8, 4) is 0 Å². The average molecular weight is 344 g/mol. The normalized spacial score (nSPS) is 30.9. The first-order valence-corrected chi connectivity index (χ1v) is 9.64. The van der Waals surface area contributed by atoms with E-state index in [0.717, 1.165) is 0 Å². The Labute approximate surface area is 134 Å². The molecule has 2 aliphatic rings. The lowest BCUT2D eigenvalue weighted by Crippen LogP contribution is -2.42. The van der Waals surface area contributed by atoms with Gasteiger partial charge in [-0.3, -0.25) is 4.79 Å². The molecule has 0 bridgehead atoms. The topological polar surface area (TPSA) is 77.9 Å². The number of aliphatic carboxylic acids is 1. The molecule has 2 fully saturated rings. The molecule has 0 radical (unpaired) electrons. The average Bonchev–Trinajstić information content (AvgIpc) is 3.04. The van der Waals surface area contributed by atoms with Crippen molar-refractivity contribution in [3.05, 3.63) is 17.5 Å². The molecule has 2 aliphatic heterocycles. The molecule has 2 atom stereocenters. The quantitative estimate of drug-likeness (QED) is 0.890. The molecule has 2 saturated heterocycles. The molecule has 3 heterocycles. The molecule has 1 N–H and O–H groups in total. The van der Waals surface area contributed by atoms with Crippen molar-refractivity contribution < 1.29 is 18.3 Å². The number of rotatable bonds is 3. The van der Waals surface area contributed by atoms with Crippen molar-refractivity contribution in [2.24, 2.45) is 11.3 Å².